The summed E-state index contributed by atoms with van der Waals surface area (Å²) in [6.45, 7) is 7.02. The molecular weight excluding hydrogens is 212 g/mol. The van der Waals surface area contributed by atoms with Gasteiger partial charge in [-0.25, -0.2) is 0 Å². The first-order valence-corrected chi connectivity index (χ1v) is 7.28. The molecule has 0 amide bonds. The van der Waals surface area contributed by atoms with Crippen molar-refractivity contribution in [1.82, 2.24) is 10.2 Å². The number of hydrogen-bond acceptors (Lipinski definition) is 3. The Kier molecular flexibility index (Phi) is 5.26. The van der Waals surface area contributed by atoms with Crippen LogP contribution in [0.3, 0.4) is 0 Å². The van der Waals surface area contributed by atoms with Crippen molar-refractivity contribution in [2.75, 3.05) is 33.4 Å². The molecule has 0 spiro atoms. The van der Waals surface area contributed by atoms with Crippen LogP contribution in [-0.4, -0.2) is 50.3 Å². The Balaban J connectivity index is 1.86. The second-order valence-corrected chi connectivity index (χ2v) is 5.68. The minimum atomic E-state index is 0.685. The average molecular weight is 240 g/mol. The molecule has 3 nitrogen and oxygen atoms in total. The van der Waals surface area contributed by atoms with E-state index in [-0.39, 0.29) is 0 Å². The van der Waals surface area contributed by atoms with E-state index in [1.165, 1.54) is 51.7 Å². The lowest BCUT2D eigenvalue weighted by molar-refractivity contribution is 0.0977. The number of nitrogens with zero attached hydrogens (tertiary/aromatic N) is 1. The summed E-state index contributed by atoms with van der Waals surface area (Å²) in [5.41, 5.74) is 0. The summed E-state index contributed by atoms with van der Waals surface area (Å²) < 4.78 is 5.21. The molecule has 0 aliphatic carbocycles. The molecule has 2 saturated heterocycles. The predicted octanol–water partition coefficient (Wildman–Crippen LogP) is 1.88. The molecule has 3 atom stereocenters. The fourth-order valence-electron chi connectivity index (χ4n) is 3.53. The molecule has 3 heteroatoms. The molecule has 0 aromatic carbocycles. The highest BCUT2D eigenvalue weighted by Gasteiger charge is 2.34. The van der Waals surface area contributed by atoms with Gasteiger partial charge in [0.25, 0.3) is 0 Å². The van der Waals surface area contributed by atoms with Gasteiger partial charge in [0.15, 0.2) is 0 Å². The number of nitrogens with one attached hydrogen (secondary N) is 1. The third-order valence-corrected chi connectivity index (χ3v) is 4.53. The molecular formula is C14H28N2O. The van der Waals surface area contributed by atoms with Gasteiger partial charge >= 0.3 is 0 Å². The summed E-state index contributed by atoms with van der Waals surface area (Å²) in [6.07, 6.45) is 6.75. The van der Waals surface area contributed by atoms with Crippen molar-refractivity contribution in [3.05, 3.63) is 0 Å². The molecule has 0 aromatic rings. The van der Waals surface area contributed by atoms with Gasteiger partial charge in [0, 0.05) is 25.8 Å². The van der Waals surface area contributed by atoms with Gasteiger partial charge in [-0.15, -0.1) is 0 Å². The van der Waals surface area contributed by atoms with E-state index in [4.69, 9.17) is 4.74 Å². The van der Waals surface area contributed by atoms with E-state index in [0.29, 0.717) is 6.04 Å². The lowest BCUT2D eigenvalue weighted by Gasteiger charge is -2.37. The van der Waals surface area contributed by atoms with Crippen molar-refractivity contribution in [3.8, 4) is 0 Å². The fourth-order valence-corrected chi connectivity index (χ4v) is 3.53. The second-order valence-electron chi connectivity index (χ2n) is 5.68. The van der Waals surface area contributed by atoms with Crippen molar-refractivity contribution in [3.63, 3.8) is 0 Å². The lowest BCUT2D eigenvalue weighted by atomic mass is 9.89. The quantitative estimate of drug-likeness (QED) is 0.794. The number of methoxy groups -OCH3 is 1. The Labute approximate surface area is 106 Å². The van der Waals surface area contributed by atoms with Gasteiger partial charge in [0.2, 0.25) is 0 Å². The highest BCUT2D eigenvalue weighted by atomic mass is 16.5. The lowest BCUT2D eigenvalue weighted by Crippen LogP contribution is -2.46. The molecule has 2 fully saturated rings. The minimum Gasteiger partial charge on any atom is -0.385 e. The zero-order valence-corrected chi connectivity index (χ0v) is 11.5. The second kappa shape index (κ2) is 6.72. The molecule has 0 radical (unpaired) electrons. The van der Waals surface area contributed by atoms with E-state index in [9.17, 15) is 0 Å². The van der Waals surface area contributed by atoms with Crippen LogP contribution in [0.25, 0.3) is 0 Å². The average Bonchev–Trinajstić information content (AvgIpc) is 2.86. The third kappa shape index (κ3) is 3.43. The van der Waals surface area contributed by atoms with Crippen molar-refractivity contribution in [1.29, 1.82) is 0 Å². The van der Waals surface area contributed by atoms with Crippen LogP contribution in [0.2, 0.25) is 0 Å². The highest BCUT2D eigenvalue weighted by Crippen LogP contribution is 2.30. The standard InChI is InChI=1S/C14H28N2O/c1-12(7-10-17-2)16-9-4-6-14(16)13-5-3-8-15-11-13/h12-15H,3-11H2,1-2H3. The van der Waals surface area contributed by atoms with Crippen molar-refractivity contribution in [2.24, 2.45) is 5.92 Å². The predicted molar refractivity (Wildman–Crippen MR) is 71.3 cm³/mol. The summed E-state index contributed by atoms with van der Waals surface area (Å²) in [6, 6.07) is 1.51. The van der Waals surface area contributed by atoms with E-state index in [1.807, 2.05) is 0 Å². The molecule has 1 N–H and O–H groups in total. The Hall–Kier alpha value is -0.120. The molecule has 2 heterocycles. The molecule has 17 heavy (non-hydrogen) atoms. The summed E-state index contributed by atoms with van der Waals surface area (Å²) in [4.78, 5) is 2.75. The fraction of sp³-hybridized carbons (Fsp3) is 1.00. The van der Waals surface area contributed by atoms with Gasteiger partial charge in [-0.1, -0.05) is 0 Å². The highest BCUT2D eigenvalue weighted by molar-refractivity contribution is 4.90. The van der Waals surface area contributed by atoms with E-state index in [1.54, 1.807) is 7.11 Å². The molecule has 0 saturated carbocycles. The topological polar surface area (TPSA) is 24.5 Å². The van der Waals surface area contributed by atoms with Crippen LogP contribution in [-0.2, 0) is 4.74 Å². The summed E-state index contributed by atoms with van der Waals surface area (Å²) in [7, 11) is 1.80. The number of piperidine rings is 1. The Bertz CT molecular complexity index is 216. The van der Waals surface area contributed by atoms with Gasteiger partial charge in [-0.3, -0.25) is 4.90 Å². The number of likely N-dealkylation sites (tertiary alicyclic amines) is 1. The van der Waals surface area contributed by atoms with Crippen molar-refractivity contribution < 1.29 is 4.74 Å². The number of hydrogen-bond donors (Lipinski definition) is 1. The monoisotopic (exact) mass is 240 g/mol. The molecule has 2 aliphatic rings. The van der Waals surface area contributed by atoms with E-state index in [0.717, 1.165) is 18.6 Å². The smallest absolute Gasteiger partial charge is 0.0477 e. The number of ether oxygens (including phenoxy) is 1. The van der Waals surface area contributed by atoms with Crippen LogP contribution in [0.1, 0.15) is 39.0 Å². The maximum Gasteiger partial charge on any atom is 0.0477 e. The van der Waals surface area contributed by atoms with Gasteiger partial charge < -0.3 is 10.1 Å². The van der Waals surface area contributed by atoms with Gasteiger partial charge in [0.1, 0.15) is 0 Å². The van der Waals surface area contributed by atoms with Crippen molar-refractivity contribution in [2.45, 2.75) is 51.1 Å². The Morgan fingerprint density at radius 1 is 1.35 bits per heavy atom. The third-order valence-electron chi connectivity index (χ3n) is 4.53. The summed E-state index contributed by atoms with van der Waals surface area (Å²) in [5, 5.41) is 3.56. The molecule has 3 unspecified atom stereocenters. The first-order valence-electron chi connectivity index (χ1n) is 7.28. The largest absolute Gasteiger partial charge is 0.385 e. The van der Waals surface area contributed by atoms with Crippen LogP contribution >= 0.6 is 0 Å². The zero-order chi connectivity index (χ0) is 12.1. The van der Waals surface area contributed by atoms with Crippen molar-refractivity contribution >= 4 is 0 Å². The molecule has 2 rings (SSSR count). The summed E-state index contributed by atoms with van der Waals surface area (Å²) >= 11 is 0. The molecule has 100 valence electrons. The van der Waals surface area contributed by atoms with Crippen LogP contribution in [0, 0.1) is 5.92 Å². The molecule has 2 aliphatic heterocycles. The maximum absolute atomic E-state index is 5.21. The SMILES string of the molecule is COCCC(C)N1CCCC1C1CCCNC1. The Morgan fingerprint density at radius 3 is 2.94 bits per heavy atom. The first kappa shape index (κ1) is 13.3. The normalized spacial score (nSPS) is 32.8. The van der Waals surface area contributed by atoms with E-state index < -0.39 is 0 Å². The van der Waals surface area contributed by atoms with Gasteiger partial charge in [-0.2, -0.15) is 0 Å². The van der Waals surface area contributed by atoms with Crippen LogP contribution < -0.4 is 5.32 Å². The minimum absolute atomic E-state index is 0.685. The van der Waals surface area contributed by atoms with Crippen LogP contribution in [0.4, 0.5) is 0 Å². The molecule has 0 aromatic heterocycles. The number of rotatable bonds is 5. The summed E-state index contributed by atoms with van der Waals surface area (Å²) in [5.74, 6) is 0.885. The van der Waals surface area contributed by atoms with Gasteiger partial charge in [0.05, 0.1) is 0 Å². The van der Waals surface area contributed by atoms with E-state index >= 15 is 0 Å². The van der Waals surface area contributed by atoms with Gasteiger partial charge in [-0.05, 0) is 64.6 Å². The maximum atomic E-state index is 5.21. The van der Waals surface area contributed by atoms with E-state index in [2.05, 4.69) is 17.1 Å². The van der Waals surface area contributed by atoms with Crippen LogP contribution in [0.15, 0.2) is 0 Å². The zero-order valence-electron chi connectivity index (χ0n) is 11.5. The molecule has 0 bridgehead atoms. The van der Waals surface area contributed by atoms with Crippen LogP contribution in [0.5, 0.6) is 0 Å². The Morgan fingerprint density at radius 2 is 2.24 bits per heavy atom. The first-order chi connectivity index (χ1) is 8.33.